The predicted molar refractivity (Wildman–Crippen MR) is 437 cm³/mol. The van der Waals surface area contributed by atoms with Crippen LogP contribution in [0.1, 0.15) is 185 Å². The average Bonchev–Trinajstić information content (AvgIpc) is 1.54. The minimum atomic E-state index is -1.55. The van der Waals surface area contributed by atoms with Crippen molar-refractivity contribution in [3.63, 3.8) is 0 Å². The van der Waals surface area contributed by atoms with Crippen LogP contribution in [-0.2, 0) is 70.9 Å². The molecule has 17 heterocycles. The van der Waals surface area contributed by atoms with Gasteiger partial charge in [-0.25, -0.2) is 33.6 Å². The van der Waals surface area contributed by atoms with Gasteiger partial charge in [0.25, 0.3) is 18.9 Å². The van der Waals surface area contributed by atoms with E-state index in [0.717, 1.165) is 46.0 Å². The van der Waals surface area contributed by atoms with E-state index in [2.05, 4.69) is 15.5 Å². The van der Waals surface area contributed by atoms with E-state index < -0.39 is 64.5 Å². The number of rotatable bonds is 5. The number of fused-ring (bicyclic) bond motifs is 35. The zero-order chi connectivity index (χ0) is 82.9. The minimum absolute atomic E-state index is 0. The van der Waals surface area contributed by atoms with Crippen molar-refractivity contribution in [3.05, 3.63) is 203 Å². The number of benzene rings is 5. The van der Waals surface area contributed by atoms with E-state index in [1.165, 1.54) is 33.7 Å². The number of aryl methyl sites for hydroxylation is 3. The second-order valence-electron chi connectivity index (χ2n) is 29.9. The number of esters is 2. The highest BCUT2D eigenvalue weighted by molar-refractivity contribution is 6.75. The Kier molecular flexibility index (Phi) is 21.7. The number of ether oxygens (including phenoxy) is 17. The van der Waals surface area contributed by atoms with Crippen molar-refractivity contribution in [3.8, 4) is 57.5 Å². The summed E-state index contributed by atoms with van der Waals surface area (Å²) in [4.78, 5) is 122. The normalized spacial score (nSPS) is 23.1. The van der Waals surface area contributed by atoms with Gasteiger partial charge in [-0.1, -0.05) is 22.3 Å². The van der Waals surface area contributed by atoms with Crippen molar-refractivity contribution in [2.75, 3.05) is 62.0 Å². The fourth-order valence-electron chi connectivity index (χ4n) is 19.0. The maximum Gasteiger partial charge on any atom is 0.351 e. The molecule has 2 fully saturated rings. The Morgan fingerprint density at radius 2 is 0.694 bits per heavy atom. The van der Waals surface area contributed by atoms with Gasteiger partial charge in [0.15, 0.2) is 28.5 Å². The molecule has 36 heteroatoms. The van der Waals surface area contributed by atoms with Gasteiger partial charge >= 0.3 is 40.1 Å². The van der Waals surface area contributed by atoms with E-state index in [1.54, 1.807) is 51.0 Å². The molecule has 33 nitrogen and oxygen atoms in total. The summed E-state index contributed by atoms with van der Waals surface area (Å²) in [5.74, 6) is 3.15. The standard InChI is InChI=1S/C17H14O7.2C17H12O7.C17H14O6.C17H12O6.3CH4.B2.B/c2*1-20-9-6-10-12(8-3-5-22-17(8)23-10)14-11(9)7-2-4-21-15(18)13(7)16(19)24-14;1-21-9-6-10-13(17(20)4-5-22-16(17)23-10)14-12(9)7-2-3-8(18)11(7)15(19)24-14;2*1-20-10-6-11-14(8-4-5-21-17(8)22-11)15-13(10)7-2-3-9(18)12(7)16(19)23-15;;;;1-2;/h6,8,17H,2-5H2,1H3;3,5-6,8,17H,2,4H2,1H3;4-6,16,20H,2-3H2,1H3;6,8,17H,2-5H2,1H3;4-6,8,17H,2-3H2,1H3;3*1H4;;. The zero-order valence-corrected chi connectivity index (χ0v) is 64.7. The van der Waals surface area contributed by atoms with Crippen LogP contribution >= 0.6 is 0 Å². The van der Waals surface area contributed by atoms with Crippen LogP contribution in [0.5, 0.6) is 57.5 Å². The van der Waals surface area contributed by atoms with Gasteiger partial charge in [0.2, 0.25) is 12.6 Å². The first-order chi connectivity index (χ1) is 58.3. The van der Waals surface area contributed by atoms with Crippen LogP contribution in [0.4, 0.5) is 0 Å². The van der Waals surface area contributed by atoms with Crippen LogP contribution in [0.3, 0.4) is 0 Å². The number of ketones is 3. The van der Waals surface area contributed by atoms with Gasteiger partial charge in [-0.2, -0.15) is 0 Å². The number of hydrogen-bond donors (Lipinski definition) is 1. The molecule has 10 atom stereocenters. The summed E-state index contributed by atoms with van der Waals surface area (Å²) in [5.41, 5.74) is 4.22. The lowest BCUT2D eigenvalue weighted by Crippen LogP contribution is -2.33. The highest BCUT2D eigenvalue weighted by Crippen LogP contribution is 2.57. The number of hydrogen-bond acceptors (Lipinski definition) is 33. The molecular weight excluding hydrogens is 1620 g/mol. The number of methoxy groups -OCH3 is 5. The van der Waals surface area contributed by atoms with Crippen molar-refractivity contribution in [2.24, 2.45) is 0 Å². The quantitative estimate of drug-likeness (QED) is 0.0950. The fraction of sp³-hybridized carbons (Fsp3) is 0.364. The molecule has 10 unspecified atom stereocenters. The van der Waals surface area contributed by atoms with Gasteiger partial charge in [-0.05, 0) is 78.1 Å². The molecule has 10 aromatic rings. The van der Waals surface area contributed by atoms with E-state index in [9.17, 15) is 53.1 Å². The van der Waals surface area contributed by atoms with Crippen LogP contribution < -0.4 is 75.5 Å². The van der Waals surface area contributed by atoms with Crippen molar-refractivity contribution < 1.29 is 132 Å². The van der Waals surface area contributed by atoms with Crippen LogP contribution in [0.25, 0.3) is 54.8 Å². The molecule has 5 aromatic carbocycles. The fourth-order valence-corrected chi connectivity index (χ4v) is 19.0. The van der Waals surface area contributed by atoms with Gasteiger partial charge in [0, 0.05) is 97.5 Å². The summed E-state index contributed by atoms with van der Waals surface area (Å²) >= 11 is 0. The Morgan fingerprint density at radius 3 is 1.07 bits per heavy atom. The first kappa shape index (κ1) is 84.4. The summed E-state index contributed by atoms with van der Waals surface area (Å²) in [5, 5.41) is 14.1. The molecule has 7 radical (unpaired) electrons. The third kappa shape index (κ3) is 12.4. The second-order valence-corrected chi connectivity index (χ2v) is 29.9. The smallest absolute Gasteiger partial charge is 0.351 e. The molecule has 0 bridgehead atoms. The lowest BCUT2D eigenvalue weighted by atomic mass is 9.81. The topological polar surface area (TPSA) is 414 Å². The molecule has 1 N–H and O–H groups in total. The molecule has 2 saturated heterocycles. The Balaban J connectivity index is 0.000000113. The molecule has 12 aliphatic heterocycles. The summed E-state index contributed by atoms with van der Waals surface area (Å²) < 4.78 is 121. The molecular formula is C88H76B3O33. The van der Waals surface area contributed by atoms with E-state index in [1.807, 2.05) is 18.2 Å². The predicted octanol–water partition coefficient (Wildman–Crippen LogP) is 10.2. The first-order valence-corrected chi connectivity index (χ1v) is 38.4. The molecule has 0 saturated carbocycles. The molecule has 25 rings (SSSR count). The first-order valence-electron chi connectivity index (χ1n) is 38.4. The van der Waals surface area contributed by atoms with Gasteiger partial charge in [0.05, 0.1) is 148 Å². The van der Waals surface area contributed by atoms with Crippen molar-refractivity contribution in [1.29, 1.82) is 0 Å². The molecule has 0 amide bonds. The van der Waals surface area contributed by atoms with Crippen LogP contribution in [0.2, 0.25) is 0 Å². The summed E-state index contributed by atoms with van der Waals surface area (Å²) in [6.07, 6.45) is 12.0. The molecule has 15 aliphatic rings. The third-order valence-electron chi connectivity index (χ3n) is 24.1. The highest BCUT2D eigenvalue weighted by Gasteiger charge is 2.55. The van der Waals surface area contributed by atoms with Crippen molar-refractivity contribution in [1.82, 2.24) is 0 Å². The molecule has 5 aromatic heterocycles. The summed E-state index contributed by atoms with van der Waals surface area (Å²) in [6.45, 7) is 1.67. The number of aliphatic hydroxyl groups is 1. The minimum Gasteiger partial charge on any atom is -0.496 e. The molecule has 0 spiro atoms. The Hall–Kier alpha value is -13.2. The number of cyclic esters (lactones) is 2. The monoisotopic (exact) mass is 1690 g/mol. The average molecular weight is 1690 g/mol. The van der Waals surface area contributed by atoms with Crippen molar-refractivity contribution in [2.45, 2.75) is 147 Å². The van der Waals surface area contributed by atoms with Crippen LogP contribution in [0.15, 0.2) is 113 Å². The van der Waals surface area contributed by atoms with Gasteiger partial charge in [-0.3, -0.25) is 14.4 Å². The number of Topliss-reactive ketones (excluding diaryl/α,β-unsaturated/α-hetero) is 3. The van der Waals surface area contributed by atoms with Crippen molar-refractivity contribution >= 4 is 108 Å². The lowest BCUT2D eigenvalue weighted by Gasteiger charge is -2.19. The van der Waals surface area contributed by atoms with Gasteiger partial charge < -0.3 is 108 Å². The maximum absolute atomic E-state index is 12.4. The Bertz CT molecular complexity index is 6700. The Morgan fingerprint density at radius 1 is 0.371 bits per heavy atom. The number of carbonyl (C=O) groups is 5. The lowest BCUT2D eigenvalue weighted by molar-refractivity contribution is -0.109. The molecule has 635 valence electrons. The van der Waals surface area contributed by atoms with Crippen LogP contribution in [-0.4, -0.2) is 152 Å². The second kappa shape index (κ2) is 31.9. The van der Waals surface area contributed by atoms with E-state index in [0.29, 0.717) is 187 Å². The summed E-state index contributed by atoms with van der Waals surface area (Å²) in [7, 11) is 15.6. The SMILES string of the molecule is C.C.C.COc1cc2c(c3oc(=O)c4c(c13)CCC4=O)C1(O)C=COC1O2.COc1cc2c(c3oc(=O)c4c(c13)CCC4=O)C1C=COC1O2.COc1cc2c(c3oc(=O)c4c(c13)CCC4=O)C1CCOC1O2.COc1cc2c(c3oc(=O)c4c(c13)CCOC4=O)C1C=COC1O2.COc1cc2c(c3oc(=O)c4c(c13)CCOC4=O)C1CCOC1O2.[B].[B][B]. The van der Waals surface area contributed by atoms with E-state index in [-0.39, 0.29) is 137 Å². The van der Waals surface area contributed by atoms with E-state index in [4.69, 9.17) is 103 Å². The maximum atomic E-state index is 12.4. The van der Waals surface area contributed by atoms with Crippen LogP contribution in [0, 0.1) is 0 Å². The zero-order valence-electron chi connectivity index (χ0n) is 64.7. The summed E-state index contributed by atoms with van der Waals surface area (Å²) in [6, 6.07) is 8.72. The number of carbonyl (C=O) groups excluding carboxylic acids is 5. The Labute approximate surface area is 706 Å². The third-order valence-corrected chi connectivity index (χ3v) is 24.1. The van der Waals surface area contributed by atoms with E-state index >= 15 is 0 Å². The molecule has 124 heavy (non-hydrogen) atoms. The highest BCUT2D eigenvalue weighted by atomic mass is 16.7. The van der Waals surface area contributed by atoms with Gasteiger partial charge in [0.1, 0.15) is 108 Å². The largest absolute Gasteiger partial charge is 0.496 e. The van der Waals surface area contributed by atoms with Gasteiger partial charge in [-0.15, -0.1) is 0 Å². The molecule has 3 aliphatic carbocycles.